The third kappa shape index (κ3) is 5.46. The fourth-order valence-electron chi connectivity index (χ4n) is 7.25. The lowest BCUT2D eigenvalue weighted by molar-refractivity contribution is 0.409. The zero-order chi connectivity index (χ0) is 34.5. The standard InChI is InChI=1S/C45H36N4O2/c1-3-10-36-40-38(51-42(36)46)24-23-33(31-14-9-13-30(25-31)28-19-17-27(2)18-20-28)41(40)45-48-43(29-11-5-4-6-12-29)47-44(49-45)32-21-22-35-34-15-7-8-16-37(34)50-39(35)26-32/h3-26,43-44,47H,46H2,1-2H3,(H,48,49)/b10-3-. The van der Waals surface area contributed by atoms with Crippen molar-refractivity contribution in [3.8, 4) is 22.3 Å². The van der Waals surface area contributed by atoms with Crippen molar-refractivity contribution in [3.63, 3.8) is 0 Å². The molecule has 248 valence electrons. The molecule has 1 aliphatic heterocycles. The molecule has 0 radical (unpaired) electrons. The Balaban J connectivity index is 1.27. The van der Waals surface area contributed by atoms with Crippen molar-refractivity contribution in [1.29, 1.82) is 0 Å². The molecule has 0 bridgehead atoms. The smallest absolute Gasteiger partial charge is 0.198 e. The summed E-state index contributed by atoms with van der Waals surface area (Å²) in [5.74, 6) is 1.11. The van der Waals surface area contributed by atoms with Crippen LogP contribution in [0, 0.1) is 6.92 Å². The van der Waals surface area contributed by atoms with Gasteiger partial charge in [0.2, 0.25) is 0 Å². The Morgan fingerprint density at radius 1 is 0.667 bits per heavy atom. The average molecular weight is 665 g/mol. The Morgan fingerprint density at radius 3 is 2.29 bits per heavy atom. The minimum atomic E-state index is -0.388. The number of anilines is 1. The summed E-state index contributed by atoms with van der Waals surface area (Å²) in [6.07, 6.45) is 3.37. The average Bonchev–Trinajstić information content (AvgIpc) is 3.71. The summed E-state index contributed by atoms with van der Waals surface area (Å²) in [5, 5.41) is 10.6. The van der Waals surface area contributed by atoms with E-state index in [1.165, 1.54) is 5.56 Å². The Labute approximate surface area is 295 Å². The molecular weight excluding hydrogens is 629 g/mol. The summed E-state index contributed by atoms with van der Waals surface area (Å²) in [7, 11) is 0. The second-order valence-corrected chi connectivity index (χ2v) is 13.1. The maximum Gasteiger partial charge on any atom is 0.198 e. The second kappa shape index (κ2) is 12.5. The molecule has 0 spiro atoms. The first-order valence-corrected chi connectivity index (χ1v) is 17.3. The number of nitrogens with one attached hydrogen (secondary N) is 2. The van der Waals surface area contributed by atoms with Crippen LogP contribution < -0.4 is 16.4 Å². The van der Waals surface area contributed by atoms with Gasteiger partial charge in [-0.2, -0.15) is 0 Å². The van der Waals surface area contributed by atoms with Crippen LogP contribution in [0.5, 0.6) is 0 Å². The zero-order valence-corrected chi connectivity index (χ0v) is 28.4. The normalized spacial score (nSPS) is 16.2. The van der Waals surface area contributed by atoms with E-state index >= 15 is 0 Å². The van der Waals surface area contributed by atoms with Crippen LogP contribution in [0.4, 0.5) is 5.88 Å². The minimum Gasteiger partial charge on any atom is -0.456 e. The monoisotopic (exact) mass is 664 g/mol. The molecule has 9 rings (SSSR count). The number of nitrogen functional groups attached to an aromatic ring is 1. The lowest BCUT2D eigenvalue weighted by Crippen LogP contribution is -2.45. The number of furan rings is 2. The van der Waals surface area contributed by atoms with Crippen molar-refractivity contribution in [2.75, 3.05) is 5.73 Å². The minimum absolute atomic E-state index is 0.244. The van der Waals surface area contributed by atoms with E-state index in [-0.39, 0.29) is 12.3 Å². The van der Waals surface area contributed by atoms with E-state index in [0.717, 1.165) is 77.7 Å². The van der Waals surface area contributed by atoms with Gasteiger partial charge in [0.1, 0.15) is 34.9 Å². The van der Waals surface area contributed by atoms with Gasteiger partial charge in [0.25, 0.3) is 0 Å². The number of hydrogen-bond acceptors (Lipinski definition) is 6. The summed E-state index contributed by atoms with van der Waals surface area (Å²) in [6, 6.07) is 46.4. The van der Waals surface area contributed by atoms with E-state index in [0.29, 0.717) is 11.5 Å². The van der Waals surface area contributed by atoms with Gasteiger partial charge in [0.15, 0.2) is 5.88 Å². The van der Waals surface area contributed by atoms with Crippen molar-refractivity contribution < 1.29 is 8.83 Å². The number of para-hydroxylation sites is 1. The third-order valence-electron chi connectivity index (χ3n) is 9.77. The van der Waals surface area contributed by atoms with E-state index in [1.54, 1.807) is 0 Å². The number of nitrogens with two attached hydrogens (primary N) is 1. The van der Waals surface area contributed by atoms with Crippen LogP contribution in [0.3, 0.4) is 0 Å². The number of fused-ring (bicyclic) bond motifs is 4. The number of benzene rings is 6. The maximum absolute atomic E-state index is 6.56. The van der Waals surface area contributed by atoms with E-state index < -0.39 is 0 Å². The molecule has 0 saturated heterocycles. The molecule has 3 heterocycles. The summed E-state index contributed by atoms with van der Waals surface area (Å²) in [5.41, 5.74) is 18.4. The van der Waals surface area contributed by atoms with Crippen LogP contribution in [0.25, 0.3) is 61.2 Å². The van der Waals surface area contributed by atoms with Crippen LogP contribution in [0.1, 0.15) is 47.1 Å². The van der Waals surface area contributed by atoms with Gasteiger partial charge >= 0.3 is 0 Å². The van der Waals surface area contributed by atoms with E-state index in [2.05, 4.69) is 121 Å². The van der Waals surface area contributed by atoms with Crippen LogP contribution in [0.15, 0.2) is 153 Å². The number of allylic oxidation sites excluding steroid dienone is 1. The van der Waals surface area contributed by atoms with Gasteiger partial charge in [-0.1, -0.05) is 121 Å². The number of amidine groups is 1. The predicted octanol–water partition coefficient (Wildman–Crippen LogP) is 10.9. The zero-order valence-electron chi connectivity index (χ0n) is 28.4. The third-order valence-corrected chi connectivity index (χ3v) is 9.77. The van der Waals surface area contributed by atoms with Crippen LogP contribution in [0.2, 0.25) is 0 Å². The first-order chi connectivity index (χ1) is 25.0. The predicted molar refractivity (Wildman–Crippen MR) is 209 cm³/mol. The molecule has 0 amide bonds. The summed E-state index contributed by atoms with van der Waals surface area (Å²) in [6.45, 7) is 4.10. The molecule has 4 N–H and O–H groups in total. The molecule has 0 fully saturated rings. The van der Waals surface area contributed by atoms with Crippen molar-refractivity contribution in [3.05, 3.63) is 167 Å². The van der Waals surface area contributed by atoms with E-state index in [9.17, 15) is 0 Å². The number of rotatable bonds is 6. The fourth-order valence-corrected chi connectivity index (χ4v) is 7.25. The number of aliphatic imine (C=N–C) groups is 1. The highest BCUT2D eigenvalue weighted by Gasteiger charge is 2.30. The number of aryl methyl sites for hydroxylation is 1. The molecular formula is C45H36N4O2. The van der Waals surface area contributed by atoms with E-state index in [4.69, 9.17) is 19.6 Å². The molecule has 6 nitrogen and oxygen atoms in total. The molecule has 0 aliphatic carbocycles. The van der Waals surface area contributed by atoms with Gasteiger partial charge < -0.3 is 19.9 Å². The lowest BCUT2D eigenvalue weighted by atomic mass is 9.91. The number of nitrogens with zero attached hydrogens (tertiary/aromatic N) is 1. The van der Waals surface area contributed by atoms with Gasteiger partial charge in [0, 0.05) is 27.3 Å². The molecule has 6 aromatic carbocycles. The molecule has 2 aromatic heterocycles. The highest BCUT2D eigenvalue weighted by Crippen LogP contribution is 2.40. The van der Waals surface area contributed by atoms with Crippen molar-refractivity contribution in [2.45, 2.75) is 26.2 Å². The topological polar surface area (TPSA) is 88.7 Å². The Hall–Kier alpha value is -6.37. The quantitative estimate of drug-likeness (QED) is 0.165. The van der Waals surface area contributed by atoms with Gasteiger partial charge in [-0.05, 0) is 77.6 Å². The maximum atomic E-state index is 6.56. The van der Waals surface area contributed by atoms with Crippen molar-refractivity contribution in [1.82, 2.24) is 10.6 Å². The van der Waals surface area contributed by atoms with Crippen molar-refractivity contribution >= 4 is 50.7 Å². The van der Waals surface area contributed by atoms with Crippen LogP contribution in [-0.2, 0) is 0 Å². The highest BCUT2D eigenvalue weighted by molar-refractivity contribution is 6.17. The Kier molecular flexibility index (Phi) is 7.52. The van der Waals surface area contributed by atoms with Crippen LogP contribution >= 0.6 is 0 Å². The summed E-state index contributed by atoms with van der Waals surface area (Å²) in [4.78, 5) is 5.44. The van der Waals surface area contributed by atoms with Gasteiger partial charge in [0.05, 0.1) is 0 Å². The van der Waals surface area contributed by atoms with E-state index in [1.807, 2.05) is 49.4 Å². The molecule has 8 aromatic rings. The second-order valence-electron chi connectivity index (χ2n) is 13.1. The highest BCUT2D eigenvalue weighted by atomic mass is 16.3. The summed E-state index contributed by atoms with van der Waals surface area (Å²) >= 11 is 0. The molecule has 6 heteroatoms. The largest absolute Gasteiger partial charge is 0.456 e. The Bertz CT molecular complexity index is 2630. The van der Waals surface area contributed by atoms with Crippen molar-refractivity contribution in [2.24, 2.45) is 4.99 Å². The molecule has 0 saturated carbocycles. The fraction of sp³-hybridized carbons (Fsp3) is 0.0889. The Morgan fingerprint density at radius 2 is 1.45 bits per heavy atom. The molecule has 2 unspecified atom stereocenters. The molecule has 2 atom stereocenters. The lowest BCUT2D eigenvalue weighted by Gasteiger charge is -2.33. The first-order valence-electron chi connectivity index (χ1n) is 17.3. The first kappa shape index (κ1) is 30.7. The molecule has 51 heavy (non-hydrogen) atoms. The summed E-state index contributed by atoms with van der Waals surface area (Å²) < 4.78 is 12.5. The van der Waals surface area contributed by atoms with Crippen LogP contribution in [-0.4, -0.2) is 5.84 Å². The molecule has 1 aliphatic rings. The van der Waals surface area contributed by atoms with Gasteiger partial charge in [-0.15, -0.1) is 0 Å². The van der Waals surface area contributed by atoms with Gasteiger partial charge in [-0.25, -0.2) is 4.99 Å². The SMILES string of the molecule is C/C=C\c1c(N)oc2ccc(-c3cccc(-c4ccc(C)cc4)c3)c(C3=NC(c4ccc5c(c4)oc4ccccc45)NC(c4ccccc4)N3)c12. The van der Waals surface area contributed by atoms with Gasteiger partial charge in [-0.3, -0.25) is 5.32 Å². The number of hydrogen-bond donors (Lipinski definition) is 3.